The van der Waals surface area contributed by atoms with Crippen molar-refractivity contribution in [2.24, 2.45) is 0 Å². The predicted molar refractivity (Wildman–Crippen MR) is 53.0 cm³/mol. The molecule has 0 spiro atoms. The summed E-state index contributed by atoms with van der Waals surface area (Å²) < 4.78 is 22.6. The Morgan fingerprint density at radius 3 is 2.75 bits per heavy atom. The average molecular weight is 244 g/mol. The number of fused-ring (bicyclic) bond motifs is 1. The highest BCUT2D eigenvalue weighted by atomic mass is 32.2. The van der Waals surface area contributed by atoms with Gasteiger partial charge in [0, 0.05) is 5.56 Å². The SMILES string of the molecule is O=C(O)c1nc2c(c(=O)[nH]1)CCS(=O)(=O)C2. The van der Waals surface area contributed by atoms with Crippen molar-refractivity contribution < 1.29 is 18.3 Å². The molecule has 16 heavy (non-hydrogen) atoms. The fourth-order valence-electron chi connectivity index (χ4n) is 1.56. The second-order valence-corrected chi connectivity index (χ2v) is 5.67. The maximum Gasteiger partial charge on any atom is 0.372 e. The van der Waals surface area contributed by atoms with E-state index in [2.05, 4.69) is 9.97 Å². The third-order valence-corrected chi connectivity index (χ3v) is 3.86. The number of carbonyl (C=O) groups is 1. The lowest BCUT2D eigenvalue weighted by atomic mass is 10.2. The zero-order valence-corrected chi connectivity index (χ0v) is 8.87. The Morgan fingerprint density at radius 2 is 2.12 bits per heavy atom. The molecule has 1 aliphatic heterocycles. The molecule has 0 saturated carbocycles. The minimum absolute atomic E-state index is 0.0485. The minimum atomic E-state index is -3.26. The Kier molecular flexibility index (Phi) is 2.30. The number of aromatic amines is 1. The highest BCUT2D eigenvalue weighted by Gasteiger charge is 2.26. The van der Waals surface area contributed by atoms with E-state index in [1.807, 2.05) is 0 Å². The molecule has 86 valence electrons. The molecule has 2 rings (SSSR count). The second kappa shape index (κ2) is 3.41. The molecule has 0 saturated heterocycles. The summed E-state index contributed by atoms with van der Waals surface area (Å²) in [5.74, 6) is -2.38. The third kappa shape index (κ3) is 1.83. The number of aromatic carboxylic acids is 1. The number of aromatic nitrogens is 2. The molecule has 0 fully saturated rings. The molecule has 1 aromatic heterocycles. The van der Waals surface area contributed by atoms with E-state index in [0.717, 1.165) is 0 Å². The maximum absolute atomic E-state index is 11.4. The molecule has 2 N–H and O–H groups in total. The van der Waals surface area contributed by atoms with Crippen LogP contribution in [-0.2, 0) is 22.0 Å². The molecule has 0 aromatic carbocycles. The van der Waals surface area contributed by atoms with Gasteiger partial charge in [-0.05, 0) is 6.42 Å². The van der Waals surface area contributed by atoms with Gasteiger partial charge in [0.05, 0.1) is 17.2 Å². The summed E-state index contributed by atoms with van der Waals surface area (Å²) in [7, 11) is -3.26. The Labute approximate surface area is 90.1 Å². The summed E-state index contributed by atoms with van der Waals surface area (Å²) in [6, 6.07) is 0. The number of rotatable bonds is 1. The maximum atomic E-state index is 11.4. The van der Waals surface area contributed by atoms with E-state index in [1.54, 1.807) is 0 Å². The Hall–Kier alpha value is -1.70. The van der Waals surface area contributed by atoms with Crippen molar-refractivity contribution in [2.75, 3.05) is 5.75 Å². The number of nitrogens with zero attached hydrogens (tertiary/aromatic N) is 1. The first-order chi connectivity index (χ1) is 7.39. The van der Waals surface area contributed by atoms with E-state index in [4.69, 9.17) is 5.11 Å². The average Bonchev–Trinajstić information content (AvgIpc) is 2.14. The van der Waals surface area contributed by atoms with Crippen LogP contribution in [0, 0.1) is 0 Å². The largest absolute Gasteiger partial charge is 0.475 e. The first-order valence-electron chi connectivity index (χ1n) is 4.45. The number of carboxylic acid groups (broad SMARTS) is 1. The highest BCUT2D eigenvalue weighted by molar-refractivity contribution is 7.90. The van der Waals surface area contributed by atoms with E-state index in [1.165, 1.54) is 0 Å². The van der Waals surface area contributed by atoms with Gasteiger partial charge in [0.15, 0.2) is 9.84 Å². The van der Waals surface area contributed by atoms with Crippen LogP contribution in [0.1, 0.15) is 21.9 Å². The van der Waals surface area contributed by atoms with Gasteiger partial charge >= 0.3 is 5.97 Å². The van der Waals surface area contributed by atoms with Crippen LogP contribution in [0.2, 0.25) is 0 Å². The van der Waals surface area contributed by atoms with Crippen LogP contribution in [0.15, 0.2) is 4.79 Å². The number of sulfone groups is 1. The molecule has 1 aliphatic rings. The van der Waals surface area contributed by atoms with Crippen molar-refractivity contribution in [2.45, 2.75) is 12.2 Å². The lowest BCUT2D eigenvalue weighted by Crippen LogP contribution is -2.30. The van der Waals surface area contributed by atoms with E-state index >= 15 is 0 Å². The zero-order valence-electron chi connectivity index (χ0n) is 8.06. The normalized spacial score (nSPS) is 17.8. The minimum Gasteiger partial charge on any atom is -0.475 e. The van der Waals surface area contributed by atoms with Crippen molar-refractivity contribution in [3.63, 3.8) is 0 Å². The van der Waals surface area contributed by atoms with Gasteiger partial charge in [-0.15, -0.1) is 0 Å². The van der Waals surface area contributed by atoms with Crippen molar-refractivity contribution in [1.82, 2.24) is 9.97 Å². The first-order valence-corrected chi connectivity index (χ1v) is 6.27. The van der Waals surface area contributed by atoms with Crippen LogP contribution >= 0.6 is 0 Å². The molecule has 0 aliphatic carbocycles. The van der Waals surface area contributed by atoms with Gasteiger partial charge in [-0.25, -0.2) is 18.2 Å². The molecule has 0 bridgehead atoms. The number of carboxylic acids is 1. The Morgan fingerprint density at radius 1 is 1.44 bits per heavy atom. The molecule has 0 amide bonds. The van der Waals surface area contributed by atoms with Gasteiger partial charge in [-0.1, -0.05) is 0 Å². The van der Waals surface area contributed by atoms with Crippen molar-refractivity contribution in [3.8, 4) is 0 Å². The van der Waals surface area contributed by atoms with Crippen LogP contribution in [0.5, 0.6) is 0 Å². The van der Waals surface area contributed by atoms with Gasteiger partial charge in [0.1, 0.15) is 0 Å². The summed E-state index contributed by atoms with van der Waals surface area (Å²) in [4.78, 5) is 27.8. The molecule has 0 radical (unpaired) electrons. The van der Waals surface area contributed by atoms with Crippen molar-refractivity contribution >= 4 is 15.8 Å². The lowest BCUT2D eigenvalue weighted by molar-refractivity contribution is 0.0682. The second-order valence-electron chi connectivity index (χ2n) is 3.49. The van der Waals surface area contributed by atoms with E-state index in [9.17, 15) is 18.0 Å². The Balaban J connectivity index is 2.63. The highest BCUT2D eigenvalue weighted by Crippen LogP contribution is 2.15. The standard InChI is InChI=1S/C8H8N2O5S/c11-7-4-1-2-16(14,15)3-5(4)9-6(10-7)8(12)13/h1-3H2,(H,12,13)(H,9,10,11). The van der Waals surface area contributed by atoms with Crippen LogP contribution in [0.25, 0.3) is 0 Å². The monoisotopic (exact) mass is 244 g/mol. The number of H-pyrrole nitrogens is 1. The summed E-state index contributed by atoms with van der Waals surface area (Å²) in [5, 5.41) is 8.66. The molecule has 0 atom stereocenters. The predicted octanol–water partition coefficient (Wildman–Crippen LogP) is -1.06. The van der Waals surface area contributed by atoms with Gasteiger partial charge < -0.3 is 10.1 Å². The first kappa shape index (κ1) is 10.8. The van der Waals surface area contributed by atoms with Gasteiger partial charge in [-0.3, -0.25) is 4.79 Å². The van der Waals surface area contributed by atoms with E-state index in [-0.39, 0.29) is 29.2 Å². The van der Waals surface area contributed by atoms with Crippen LogP contribution < -0.4 is 5.56 Å². The fraction of sp³-hybridized carbons (Fsp3) is 0.375. The van der Waals surface area contributed by atoms with E-state index < -0.39 is 27.2 Å². The third-order valence-electron chi connectivity index (χ3n) is 2.32. The Bertz CT molecular complexity index is 616. The number of hydrogen-bond acceptors (Lipinski definition) is 5. The topological polar surface area (TPSA) is 117 Å². The van der Waals surface area contributed by atoms with Crippen molar-refractivity contribution in [1.29, 1.82) is 0 Å². The van der Waals surface area contributed by atoms with Gasteiger partial charge in [-0.2, -0.15) is 0 Å². The fourth-order valence-corrected chi connectivity index (χ4v) is 2.88. The van der Waals surface area contributed by atoms with Crippen molar-refractivity contribution in [3.05, 3.63) is 27.4 Å². The van der Waals surface area contributed by atoms with E-state index in [0.29, 0.717) is 0 Å². The molecular weight excluding hydrogens is 236 g/mol. The van der Waals surface area contributed by atoms with Crippen LogP contribution in [-0.4, -0.2) is 35.2 Å². The van der Waals surface area contributed by atoms with Crippen LogP contribution in [0.4, 0.5) is 0 Å². The smallest absolute Gasteiger partial charge is 0.372 e. The number of nitrogens with one attached hydrogen (secondary N) is 1. The molecule has 1 aromatic rings. The van der Waals surface area contributed by atoms with Gasteiger partial charge in [0.25, 0.3) is 5.56 Å². The molecule has 2 heterocycles. The summed E-state index contributed by atoms with van der Waals surface area (Å²) in [5.41, 5.74) is -0.260. The zero-order chi connectivity index (χ0) is 11.9. The summed E-state index contributed by atoms with van der Waals surface area (Å²) in [6.45, 7) is 0. The molecule has 8 heteroatoms. The molecule has 7 nitrogen and oxygen atoms in total. The molecular formula is C8H8N2O5S. The lowest BCUT2D eigenvalue weighted by Gasteiger charge is -2.14. The van der Waals surface area contributed by atoms with Gasteiger partial charge in [0.2, 0.25) is 5.82 Å². The van der Waals surface area contributed by atoms with Crippen LogP contribution in [0.3, 0.4) is 0 Å². The quantitative estimate of drug-likeness (QED) is 0.650. The summed E-state index contributed by atoms with van der Waals surface area (Å²) >= 11 is 0. The summed E-state index contributed by atoms with van der Waals surface area (Å²) in [6.07, 6.45) is 0.0832. The number of hydrogen-bond donors (Lipinski definition) is 2. The molecule has 0 unspecified atom stereocenters.